The first-order valence-corrected chi connectivity index (χ1v) is 5.06. The summed E-state index contributed by atoms with van der Waals surface area (Å²) in [6.45, 7) is 0. The van der Waals surface area contributed by atoms with Gasteiger partial charge in [-0.05, 0) is 47.8 Å². The van der Waals surface area contributed by atoms with E-state index in [1.54, 1.807) is 0 Å². The van der Waals surface area contributed by atoms with Gasteiger partial charge in [0.25, 0.3) is 0 Å². The standard InChI is InChI=1S/CHBr3O3S.Li/c2-1(3,4)8(5,6)7;/h(H,5,6,7);/q;+1/p-1. The minimum absolute atomic E-state index is 0. The van der Waals surface area contributed by atoms with Crippen LogP contribution in [-0.4, -0.2) is 14.4 Å². The molecular weight excluding hydrogens is 339 g/mol. The Kier molecular flexibility index (Phi) is 6.15. The molecule has 0 aliphatic heterocycles. The van der Waals surface area contributed by atoms with Crippen molar-refractivity contribution in [2.45, 2.75) is 1.47 Å². The molecule has 0 fully saturated rings. The number of rotatable bonds is 0. The summed E-state index contributed by atoms with van der Waals surface area (Å²) in [4.78, 5) is 0. The van der Waals surface area contributed by atoms with Gasteiger partial charge < -0.3 is 4.55 Å². The molecule has 0 aliphatic carbocycles. The van der Waals surface area contributed by atoms with Crippen LogP contribution in [0.1, 0.15) is 0 Å². The molecule has 0 aliphatic rings. The van der Waals surface area contributed by atoms with E-state index < -0.39 is 11.6 Å². The number of halogens is 3. The third-order valence-corrected chi connectivity index (χ3v) is 4.42. The molecule has 0 amide bonds. The first-order valence-electron chi connectivity index (χ1n) is 1.27. The van der Waals surface area contributed by atoms with Crippen molar-refractivity contribution in [1.29, 1.82) is 0 Å². The molecule has 0 saturated heterocycles. The minimum Gasteiger partial charge on any atom is -0.746 e. The van der Waals surface area contributed by atoms with E-state index in [0.29, 0.717) is 0 Å². The smallest absolute Gasteiger partial charge is 0.746 e. The summed E-state index contributed by atoms with van der Waals surface area (Å²) in [5, 5.41) is 0. The molecular formula is CBr3LiO3S. The molecule has 0 saturated carbocycles. The van der Waals surface area contributed by atoms with Crippen molar-refractivity contribution in [1.82, 2.24) is 0 Å². The van der Waals surface area contributed by atoms with Gasteiger partial charge in [0, 0.05) is 0 Å². The Morgan fingerprint density at radius 2 is 1.33 bits per heavy atom. The van der Waals surface area contributed by atoms with Crippen molar-refractivity contribution >= 4 is 57.9 Å². The zero-order valence-electron chi connectivity index (χ0n) is 4.27. The molecule has 0 atom stereocenters. The Bertz CT molecular complexity index is 168. The van der Waals surface area contributed by atoms with Crippen LogP contribution in [0.3, 0.4) is 0 Å². The van der Waals surface area contributed by atoms with Crippen LogP contribution in [-0.2, 0) is 10.1 Å². The molecule has 0 aromatic carbocycles. The van der Waals surface area contributed by atoms with Crippen molar-refractivity contribution < 1.29 is 31.8 Å². The Morgan fingerprint density at radius 3 is 1.33 bits per heavy atom. The molecule has 9 heavy (non-hydrogen) atoms. The van der Waals surface area contributed by atoms with Crippen molar-refractivity contribution in [3.8, 4) is 0 Å². The fraction of sp³-hybridized carbons (Fsp3) is 1.00. The fourth-order valence-corrected chi connectivity index (χ4v) is 0. The average Bonchev–Trinajstić information content (AvgIpc) is 1.25. The van der Waals surface area contributed by atoms with Crippen LogP contribution in [0.2, 0.25) is 0 Å². The van der Waals surface area contributed by atoms with E-state index in [1.807, 2.05) is 0 Å². The maximum Gasteiger partial charge on any atom is 1.00 e. The van der Waals surface area contributed by atoms with E-state index >= 15 is 0 Å². The molecule has 0 spiro atoms. The number of hydrogen-bond acceptors (Lipinski definition) is 3. The summed E-state index contributed by atoms with van der Waals surface area (Å²) < 4.78 is 28.2. The maximum absolute atomic E-state index is 9.96. The zero-order chi connectivity index (χ0) is 7.00. The molecule has 0 radical (unpaired) electrons. The number of alkyl halides is 3. The van der Waals surface area contributed by atoms with E-state index in [2.05, 4.69) is 47.8 Å². The molecule has 0 aromatic heterocycles. The summed E-state index contributed by atoms with van der Waals surface area (Å²) in [5.41, 5.74) is 0. The zero-order valence-corrected chi connectivity index (χ0v) is 9.84. The first kappa shape index (κ1) is 13.5. The molecule has 0 heterocycles. The summed E-state index contributed by atoms with van der Waals surface area (Å²) in [7, 11) is -4.34. The fourth-order valence-electron chi connectivity index (χ4n) is 0. The molecule has 50 valence electrons. The van der Waals surface area contributed by atoms with Crippen molar-refractivity contribution in [3.05, 3.63) is 0 Å². The number of hydrogen-bond donors (Lipinski definition) is 0. The average molecular weight is 339 g/mol. The summed E-state index contributed by atoms with van der Waals surface area (Å²) in [6, 6.07) is 0. The Labute approximate surface area is 90.3 Å². The van der Waals surface area contributed by atoms with Crippen molar-refractivity contribution in [2.75, 3.05) is 0 Å². The predicted molar refractivity (Wildman–Crippen MR) is 39.2 cm³/mol. The van der Waals surface area contributed by atoms with E-state index in [4.69, 9.17) is 0 Å². The molecule has 0 unspecified atom stereocenters. The van der Waals surface area contributed by atoms with E-state index in [-0.39, 0.29) is 18.9 Å². The van der Waals surface area contributed by atoms with Gasteiger partial charge in [-0.1, -0.05) is 0 Å². The van der Waals surface area contributed by atoms with E-state index in [9.17, 15) is 13.0 Å². The van der Waals surface area contributed by atoms with Gasteiger partial charge >= 0.3 is 18.9 Å². The first-order chi connectivity index (χ1) is 3.25. The van der Waals surface area contributed by atoms with Gasteiger partial charge in [0.05, 0.1) is 0 Å². The summed E-state index contributed by atoms with van der Waals surface area (Å²) >= 11 is 7.60. The molecule has 0 aromatic rings. The summed E-state index contributed by atoms with van der Waals surface area (Å²) in [5.74, 6) is 0. The second kappa shape index (κ2) is 4.09. The van der Waals surface area contributed by atoms with Gasteiger partial charge in [-0.15, -0.1) is 0 Å². The second-order valence-corrected chi connectivity index (χ2v) is 10.8. The Morgan fingerprint density at radius 1 is 1.22 bits per heavy atom. The Balaban J connectivity index is 0. The largest absolute Gasteiger partial charge is 1.00 e. The SMILES string of the molecule is O=S(=O)([O-])C(Br)(Br)Br.[Li+]. The van der Waals surface area contributed by atoms with Gasteiger partial charge in [0.15, 0.2) is 0 Å². The van der Waals surface area contributed by atoms with Crippen LogP contribution in [0.25, 0.3) is 0 Å². The van der Waals surface area contributed by atoms with E-state index in [0.717, 1.165) is 0 Å². The quantitative estimate of drug-likeness (QED) is 0.301. The van der Waals surface area contributed by atoms with Crippen LogP contribution >= 0.6 is 47.8 Å². The second-order valence-electron chi connectivity index (χ2n) is 0.900. The minimum atomic E-state index is -4.34. The maximum atomic E-state index is 9.96. The third kappa shape index (κ3) is 5.24. The third-order valence-electron chi connectivity index (χ3n) is 0.283. The van der Waals surface area contributed by atoms with Crippen LogP contribution in [0, 0.1) is 0 Å². The topological polar surface area (TPSA) is 57.2 Å². The normalized spacial score (nSPS) is 12.4. The molecule has 0 N–H and O–H groups in total. The van der Waals surface area contributed by atoms with Crippen LogP contribution in [0.5, 0.6) is 0 Å². The molecule has 0 rings (SSSR count). The van der Waals surface area contributed by atoms with Crippen molar-refractivity contribution in [2.24, 2.45) is 0 Å². The molecule has 8 heteroatoms. The van der Waals surface area contributed by atoms with Gasteiger partial charge in [-0.2, -0.15) is 0 Å². The van der Waals surface area contributed by atoms with Gasteiger partial charge in [0.2, 0.25) is 1.47 Å². The van der Waals surface area contributed by atoms with Crippen molar-refractivity contribution in [3.63, 3.8) is 0 Å². The van der Waals surface area contributed by atoms with Crippen LogP contribution < -0.4 is 18.9 Å². The van der Waals surface area contributed by atoms with Gasteiger partial charge in [-0.25, -0.2) is 8.42 Å². The van der Waals surface area contributed by atoms with E-state index in [1.165, 1.54) is 0 Å². The monoisotopic (exact) mass is 336 g/mol. The van der Waals surface area contributed by atoms with Crippen LogP contribution in [0.15, 0.2) is 0 Å². The molecule has 0 bridgehead atoms. The Hall–Kier alpha value is 1.95. The molecule has 3 nitrogen and oxygen atoms in total. The predicted octanol–water partition coefficient (Wildman–Crippen LogP) is -1.67. The van der Waals surface area contributed by atoms with Crippen LogP contribution in [0.4, 0.5) is 0 Å². The van der Waals surface area contributed by atoms with Gasteiger partial charge in [-0.3, -0.25) is 0 Å². The summed E-state index contributed by atoms with van der Waals surface area (Å²) in [6.07, 6.45) is 0. The van der Waals surface area contributed by atoms with Gasteiger partial charge in [0.1, 0.15) is 10.1 Å².